The summed E-state index contributed by atoms with van der Waals surface area (Å²) in [6, 6.07) is 23.7. The highest BCUT2D eigenvalue weighted by Gasteiger charge is 2.46. The summed E-state index contributed by atoms with van der Waals surface area (Å²) in [5.74, 6) is 0. The molecular weight excluding hydrogens is 452 g/mol. The first-order valence-electron chi connectivity index (χ1n) is 13.5. The Hall–Kier alpha value is -3.04. The van der Waals surface area contributed by atoms with Crippen LogP contribution in [0.1, 0.15) is 41.5 Å². The molecular formula is C33H38N2Si. The van der Waals surface area contributed by atoms with E-state index in [1.54, 1.807) is 5.32 Å². The van der Waals surface area contributed by atoms with Crippen LogP contribution in [0.4, 0.5) is 0 Å². The summed E-state index contributed by atoms with van der Waals surface area (Å²) in [7, 11) is 2.67. The Balaban J connectivity index is 1.65. The number of hydrogen-bond acceptors (Lipinski definition) is 0. The van der Waals surface area contributed by atoms with Crippen LogP contribution < -0.4 is 5.32 Å². The molecule has 2 heterocycles. The van der Waals surface area contributed by atoms with Crippen LogP contribution >= 0.6 is 0 Å². The first kappa shape index (κ1) is 23.4. The topological polar surface area (TPSA) is 9.86 Å². The molecule has 184 valence electrons. The minimum Gasteiger partial charge on any atom is -0.352 e. The maximum Gasteiger partial charge on any atom is 0.115 e. The van der Waals surface area contributed by atoms with Gasteiger partial charge in [-0.2, -0.15) is 0 Å². The van der Waals surface area contributed by atoms with E-state index in [9.17, 15) is 0 Å². The van der Waals surface area contributed by atoms with Gasteiger partial charge < -0.3 is 9.13 Å². The molecule has 0 bridgehead atoms. The van der Waals surface area contributed by atoms with Crippen molar-refractivity contribution in [2.45, 2.75) is 58.2 Å². The van der Waals surface area contributed by atoms with Gasteiger partial charge in [-0.15, -0.1) is 0 Å². The first-order chi connectivity index (χ1) is 17.1. The van der Waals surface area contributed by atoms with Gasteiger partial charge in [0.1, 0.15) is 8.07 Å². The zero-order valence-electron chi connectivity index (χ0n) is 23.0. The predicted octanol–water partition coefficient (Wildman–Crippen LogP) is 9.02. The Morgan fingerprint density at radius 1 is 0.528 bits per heavy atom. The van der Waals surface area contributed by atoms with Crippen molar-refractivity contribution >= 4 is 67.5 Å². The lowest BCUT2D eigenvalue weighted by Gasteiger charge is -2.43. The molecule has 0 N–H and O–H groups in total. The number of aryl methyl sites for hydroxylation is 2. The maximum atomic E-state index is 2.55. The second kappa shape index (κ2) is 7.98. The molecule has 0 atom stereocenters. The van der Waals surface area contributed by atoms with Crippen LogP contribution in [0.25, 0.3) is 54.1 Å². The highest BCUT2D eigenvalue weighted by molar-refractivity contribution is 6.94. The van der Waals surface area contributed by atoms with E-state index in [-0.39, 0.29) is 0 Å². The van der Waals surface area contributed by atoms with E-state index in [0.717, 1.165) is 0 Å². The van der Waals surface area contributed by atoms with Gasteiger partial charge >= 0.3 is 0 Å². The zero-order chi connectivity index (χ0) is 25.5. The lowest BCUT2D eigenvalue weighted by atomic mass is 9.95. The fourth-order valence-electron chi connectivity index (χ4n) is 7.77. The monoisotopic (exact) mass is 490 g/mol. The van der Waals surface area contributed by atoms with E-state index in [0.29, 0.717) is 16.6 Å². The fourth-order valence-corrected chi connectivity index (χ4v) is 14.7. The first-order valence-corrected chi connectivity index (χ1v) is 15.7. The molecule has 36 heavy (non-hydrogen) atoms. The van der Waals surface area contributed by atoms with Gasteiger partial charge in [0.05, 0.1) is 0 Å². The van der Waals surface area contributed by atoms with Gasteiger partial charge in [-0.3, -0.25) is 0 Å². The molecule has 0 saturated heterocycles. The molecule has 3 heteroatoms. The van der Waals surface area contributed by atoms with E-state index in [1.807, 2.05) is 0 Å². The van der Waals surface area contributed by atoms with Crippen molar-refractivity contribution in [3.05, 3.63) is 66.9 Å². The smallest absolute Gasteiger partial charge is 0.115 e. The van der Waals surface area contributed by atoms with E-state index < -0.39 is 8.07 Å². The highest BCUT2D eigenvalue weighted by Crippen LogP contribution is 2.42. The molecule has 0 unspecified atom stereocenters. The van der Waals surface area contributed by atoms with Gasteiger partial charge in [-0.05, 0) is 85.3 Å². The lowest BCUT2D eigenvalue weighted by Crippen LogP contribution is -2.57. The highest BCUT2D eigenvalue weighted by atomic mass is 28.3. The van der Waals surface area contributed by atoms with Crippen molar-refractivity contribution < 1.29 is 0 Å². The largest absolute Gasteiger partial charge is 0.352 e. The Morgan fingerprint density at radius 2 is 1.06 bits per heavy atom. The van der Waals surface area contributed by atoms with Crippen molar-refractivity contribution in [2.75, 3.05) is 0 Å². The summed E-state index contributed by atoms with van der Waals surface area (Å²) >= 11 is 0. The van der Waals surface area contributed by atoms with Crippen LogP contribution in [0.3, 0.4) is 0 Å². The van der Waals surface area contributed by atoms with Crippen molar-refractivity contribution in [1.29, 1.82) is 0 Å². The average molecular weight is 491 g/mol. The summed E-state index contributed by atoms with van der Waals surface area (Å²) in [6.45, 7) is 14.8. The molecule has 6 aromatic rings. The van der Waals surface area contributed by atoms with Crippen molar-refractivity contribution in [1.82, 2.24) is 9.13 Å². The molecule has 0 radical (unpaired) electrons. The molecule has 2 aromatic heterocycles. The Bertz CT molecular complexity index is 1770. The van der Waals surface area contributed by atoms with Gasteiger partial charge in [0.2, 0.25) is 0 Å². The van der Waals surface area contributed by atoms with Gasteiger partial charge in [0.25, 0.3) is 0 Å². The summed E-state index contributed by atoms with van der Waals surface area (Å²) in [4.78, 5) is 0. The Kier molecular flexibility index (Phi) is 5.18. The molecule has 0 aliphatic rings. The molecule has 0 saturated carbocycles. The molecule has 4 aromatic carbocycles. The van der Waals surface area contributed by atoms with Gasteiger partial charge in [0.15, 0.2) is 0 Å². The van der Waals surface area contributed by atoms with Crippen LogP contribution in [-0.4, -0.2) is 17.2 Å². The molecule has 2 nitrogen and oxygen atoms in total. The summed E-state index contributed by atoms with van der Waals surface area (Å²) < 4.78 is 4.75. The second-order valence-electron chi connectivity index (χ2n) is 11.9. The van der Waals surface area contributed by atoms with Gasteiger partial charge in [-0.25, -0.2) is 0 Å². The minimum absolute atomic E-state index is 0.692. The molecule has 0 fully saturated rings. The van der Waals surface area contributed by atoms with Crippen molar-refractivity contribution in [2.24, 2.45) is 14.1 Å². The van der Waals surface area contributed by atoms with Crippen LogP contribution in [0.15, 0.2) is 66.9 Å². The van der Waals surface area contributed by atoms with E-state index in [2.05, 4.69) is 132 Å². The number of benzene rings is 4. The van der Waals surface area contributed by atoms with Crippen LogP contribution in [0.2, 0.25) is 16.6 Å². The lowest BCUT2D eigenvalue weighted by molar-refractivity contribution is 0.820. The maximum absolute atomic E-state index is 2.55. The molecule has 6 rings (SSSR count). The van der Waals surface area contributed by atoms with Crippen molar-refractivity contribution in [3.8, 4) is 0 Å². The molecule has 0 aliphatic carbocycles. The van der Waals surface area contributed by atoms with E-state index >= 15 is 0 Å². The van der Waals surface area contributed by atoms with Crippen LogP contribution in [0, 0.1) is 0 Å². The molecule has 0 spiro atoms. The number of hydrogen-bond donors (Lipinski definition) is 0. The Morgan fingerprint density at radius 3 is 1.61 bits per heavy atom. The zero-order valence-corrected chi connectivity index (χ0v) is 24.0. The molecule has 0 amide bonds. The number of aromatic nitrogens is 2. The third kappa shape index (κ3) is 3.02. The SMILES string of the molecule is CC(C)[Si](c1cc2cc3c(ccc4c5cc6ccn(C)c6cc5ccc34)cc2n1C)(C(C)C)C(C)C. The van der Waals surface area contributed by atoms with E-state index in [4.69, 9.17) is 0 Å². The van der Waals surface area contributed by atoms with E-state index in [1.165, 1.54) is 54.1 Å². The summed E-state index contributed by atoms with van der Waals surface area (Å²) in [6.07, 6.45) is 2.15. The van der Waals surface area contributed by atoms with Crippen molar-refractivity contribution in [3.63, 3.8) is 0 Å². The van der Waals surface area contributed by atoms with Gasteiger partial charge in [-0.1, -0.05) is 65.8 Å². The third-order valence-corrected chi connectivity index (χ3v) is 16.4. The third-order valence-electron chi connectivity index (χ3n) is 9.31. The fraction of sp³-hybridized carbons (Fsp3) is 0.333. The second-order valence-corrected chi connectivity index (χ2v) is 17.7. The van der Waals surface area contributed by atoms with Gasteiger partial charge in [0, 0.05) is 47.4 Å². The number of rotatable bonds is 4. The molecule has 0 aliphatic heterocycles. The average Bonchev–Trinajstić information content (AvgIpc) is 3.35. The standard InChI is InChI=1S/C33H38N2Si/c1-20(2)36(21(3)4,22(5)6)33-19-26-16-30-24(18-32(26)35(33)8)10-12-27-28(30)11-9-23-17-31-25(15-29(23)27)13-14-34(31)7/h9-22H,1-8H3. The van der Waals surface area contributed by atoms with Crippen LogP contribution in [-0.2, 0) is 14.1 Å². The normalized spacial score (nSPS) is 13.2. The quantitative estimate of drug-likeness (QED) is 0.172. The number of fused-ring (bicyclic) bond motifs is 7. The Labute approximate surface area is 215 Å². The summed E-state index contributed by atoms with van der Waals surface area (Å²) in [5.41, 5.74) is 4.72. The number of nitrogens with zero attached hydrogens (tertiary/aromatic N) is 2. The minimum atomic E-state index is -1.76. The summed E-state index contributed by atoms with van der Waals surface area (Å²) in [5, 5.41) is 12.3. The van der Waals surface area contributed by atoms with Crippen LogP contribution in [0.5, 0.6) is 0 Å². The predicted molar refractivity (Wildman–Crippen MR) is 163 cm³/mol.